The number of rotatable bonds is 10. The number of carbonyl (C=O) groups excluding carboxylic acids is 1. The molecular weight excluding hydrogens is 414 g/mol. The zero-order chi connectivity index (χ0) is 22.1. The number of halogens is 1. The summed E-state index contributed by atoms with van der Waals surface area (Å²) in [6.45, 7) is 3.24. The second-order valence-corrected chi connectivity index (χ2v) is 7.29. The van der Waals surface area contributed by atoms with Gasteiger partial charge in [-0.3, -0.25) is 4.79 Å². The van der Waals surface area contributed by atoms with E-state index in [0.29, 0.717) is 35.2 Å². The van der Waals surface area contributed by atoms with Gasteiger partial charge in [0.1, 0.15) is 23.9 Å². The highest BCUT2D eigenvalue weighted by molar-refractivity contribution is 6.30. The molecule has 31 heavy (non-hydrogen) atoms. The number of hydrogen-bond donors (Lipinski definition) is 1. The van der Waals surface area contributed by atoms with Gasteiger partial charge in [-0.15, -0.1) is 0 Å². The molecular formula is C25H26ClNO4. The third kappa shape index (κ3) is 6.66. The van der Waals surface area contributed by atoms with E-state index in [-0.39, 0.29) is 12.5 Å². The van der Waals surface area contributed by atoms with Crippen LogP contribution in [0.4, 0.5) is 0 Å². The summed E-state index contributed by atoms with van der Waals surface area (Å²) in [6, 6.07) is 20.4. The molecule has 0 aliphatic rings. The van der Waals surface area contributed by atoms with E-state index in [1.165, 1.54) is 0 Å². The Kier molecular flexibility index (Phi) is 8.19. The largest absolute Gasteiger partial charge is 0.497 e. The first kappa shape index (κ1) is 22.5. The lowest BCUT2D eigenvalue weighted by molar-refractivity contribution is 0.0954. The summed E-state index contributed by atoms with van der Waals surface area (Å²) >= 11 is 6.02. The second kappa shape index (κ2) is 11.3. The topological polar surface area (TPSA) is 56.8 Å². The van der Waals surface area contributed by atoms with E-state index in [2.05, 4.69) is 5.32 Å². The molecule has 3 aromatic carbocycles. The maximum Gasteiger partial charge on any atom is 0.251 e. The van der Waals surface area contributed by atoms with Gasteiger partial charge in [-0.25, -0.2) is 0 Å². The van der Waals surface area contributed by atoms with Crippen molar-refractivity contribution in [1.82, 2.24) is 5.32 Å². The molecule has 162 valence electrons. The summed E-state index contributed by atoms with van der Waals surface area (Å²) < 4.78 is 16.7. The number of carbonyl (C=O) groups is 1. The second-order valence-electron chi connectivity index (χ2n) is 6.86. The molecule has 0 unspecified atom stereocenters. The first-order chi connectivity index (χ1) is 15.1. The third-order valence-corrected chi connectivity index (χ3v) is 4.91. The predicted molar refractivity (Wildman–Crippen MR) is 122 cm³/mol. The van der Waals surface area contributed by atoms with E-state index in [9.17, 15) is 4.79 Å². The molecule has 0 atom stereocenters. The third-order valence-electron chi connectivity index (χ3n) is 4.67. The summed E-state index contributed by atoms with van der Waals surface area (Å²) in [7, 11) is 1.64. The molecule has 0 aliphatic carbocycles. The quantitative estimate of drug-likeness (QED) is 0.465. The number of benzene rings is 3. The Morgan fingerprint density at radius 2 is 1.77 bits per heavy atom. The smallest absolute Gasteiger partial charge is 0.251 e. The molecule has 0 fully saturated rings. The Hall–Kier alpha value is -3.18. The molecule has 5 nitrogen and oxygen atoms in total. The van der Waals surface area contributed by atoms with Crippen LogP contribution in [-0.2, 0) is 13.0 Å². The normalized spacial score (nSPS) is 10.4. The molecule has 0 heterocycles. The number of methoxy groups -OCH3 is 1. The fraction of sp³-hybridized carbons (Fsp3) is 0.240. The summed E-state index contributed by atoms with van der Waals surface area (Å²) in [6.07, 6.45) is 0.734. The Morgan fingerprint density at radius 3 is 2.48 bits per heavy atom. The number of amides is 1. The lowest BCUT2D eigenvalue weighted by Crippen LogP contribution is -2.25. The lowest BCUT2D eigenvalue weighted by Gasteiger charge is -2.14. The first-order valence-electron chi connectivity index (χ1n) is 10.1. The van der Waals surface area contributed by atoms with E-state index >= 15 is 0 Å². The minimum absolute atomic E-state index is 0.138. The average molecular weight is 440 g/mol. The van der Waals surface area contributed by atoms with Crippen molar-refractivity contribution in [1.29, 1.82) is 0 Å². The van der Waals surface area contributed by atoms with E-state index in [4.69, 9.17) is 25.8 Å². The van der Waals surface area contributed by atoms with Gasteiger partial charge in [0.2, 0.25) is 0 Å². The maximum absolute atomic E-state index is 12.6. The van der Waals surface area contributed by atoms with Gasteiger partial charge in [-0.1, -0.05) is 29.8 Å². The van der Waals surface area contributed by atoms with Crippen LogP contribution in [0.2, 0.25) is 5.02 Å². The van der Waals surface area contributed by atoms with Crippen molar-refractivity contribution < 1.29 is 19.0 Å². The highest BCUT2D eigenvalue weighted by Gasteiger charge is 2.11. The van der Waals surface area contributed by atoms with Crippen LogP contribution in [0.3, 0.4) is 0 Å². The van der Waals surface area contributed by atoms with Crippen molar-refractivity contribution in [2.45, 2.75) is 20.0 Å². The fourth-order valence-electron chi connectivity index (χ4n) is 3.06. The van der Waals surface area contributed by atoms with Crippen molar-refractivity contribution >= 4 is 17.5 Å². The van der Waals surface area contributed by atoms with Crippen LogP contribution in [0.5, 0.6) is 17.2 Å². The van der Waals surface area contributed by atoms with Crippen molar-refractivity contribution in [3.8, 4) is 17.2 Å². The van der Waals surface area contributed by atoms with E-state index < -0.39 is 0 Å². The molecule has 1 N–H and O–H groups in total. The summed E-state index contributed by atoms with van der Waals surface area (Å²) in [5.74, 6) is 2.03. The molecule has 0 saturated heterocycles. The Labute approximate surface area is 187 Å². The summed E-state index contributed by atoms with van der Waals surface area (Å²) in [5.41, 5.74) is 2.48. The summed E-state index contributed by atoms with van der Waals surface area (Å²) in [4.78, 5) is 12.6. The molecule has 0 saturated carbocycles. The van der Waals surface area contributed by atoms with Gasteiger partial charge in [0.25, 0.3) is 5.91 Å². The molecule has 3 rings (SSSR count). The van der Waals surface area contributed by atoms with E-state index in [1.807, 2.05) is 43.3 Å². The highest BCUT2D eigenvalue weighted by atomic mass is 35.5. The molecule has 0 bridgehead atoms. The summed E-state index contributed by atoms with van der Waals surface area (Å²) in [5, 5.41) is 3.57. The first-order valence-corrected chi connectivity index (χ1v) is 10.5. The van der Waals surface area contributed by atoms with Gasteiger partial charge in [-0.05, 0) is 67.4 Å². The monoisotopic (exact) mass is 439 g/mol. The van der Waals surface area contributed by atoms with E-state index in [0.717, 1.165) is 23.3 Å². The molecule has 6 heteroatoms. The average Bonchev–Trinajstić information content (AvgIpc) is 2.79. The van der Waals surface area contributed by atoms with Gasteiger partial charge in [0.15, 0.2) is 0 Å². The Morgan fingerprint density at radius 1 is 0.968 bits per heavy atom. The Bertz CT molecular complexity index is 1000. The van der Waals surface area contributed by atoms with Crippen molar-refractivity contribution in [3.05, 3.63) is 88.4 Å². The SMILES string of the molecule is CCOc1ccc(C(=O)NCCc2ccc(OC)cc2)cc1COc1cccc(Cl)c1. The van der Waals surface area contributed by atoms with Crippen molar-refractivity contribution in [2.24, 2.45) is 0 Å². The zero-order valence-electron chi connectivity index (χ0n) is 17.7. The van der Waals surface area contributed by atoms with Crippen LogP contribution in [0.15, 0.2) is 66.7 Å². The zero-order valence-corrected chi connectivity index (χ0v) is 18.4. The standard InChI is InChI=1S/C25H26ClNO4/c1-3-30-24-12-9-19(15-20(24)17-31-23-6-4-5-21(26)16-23)25(28)27-14-13-18-7-10-22(29-2)11-8-18/h4-12,15-16H,3,13-14,17H2,1-2H3,(H,27,28). The molecule has 1 amide bonds. The number of ether oxygens (including phenoxy) is 3. The molecule has 0 aromatic heterocycles. The number of hydrogen-bond acceptors (Lipinski definition) is 4. The molecule has 3 aromatic rings. The minimum Gasteiger partial charge on any atom is -0.497 e. The predicted octanol–water partition coefficient (Wildman–Crippen LogP) is 5.30. The van der Waals surface area contributed by atoms with Gasteiger partial charge in [-0.2, -0.15) is 0 Å². The fourth-order valence-corrected chi connectivity index (χ4v) is 3.24. The molecule has 0 aliphatic heterocycles. The highest BCUT2D eigenvalue weighted by Crippen LogP contribution is 2.24. The van der Waals surface area contributed by atoms with Crippen LogP contribution >= 0.6 is 11.6 Å². The minimum atomic E-state index is -0.138. The van der Waals surface area contributed by atoms with Gasteiger partial charge in [0.05, 0.1) is 13.7 Å². The van der Waals surface area contributed by atoms with Gasteiger partial charge in [0, 0.05) is 22.7 Å². The van der Waals surface area contributed by atoms with Crippen LogP contribution < -0.4 is 19.5 Å². The number of nitrogens with one attached hydrogen (secondary N) is 1. The van der Waals surface area contributed by atoms with E-state index in [1.54, 1.807) is 37.4 Å². The van der Waals surface area contributed by atoms with Crippen molar-refractivity contribution in [3.63, 3.8) is 0 Å². The molecule has 0 radical (unpaired) electrons. The van der Waals surface area contributed by atoms with Gasteiger partial charge < -0.3 is 19.5 Å². The van der Waals surface area contributed by atoms with Crippen LogP contribution in [0.25, 0.3) is 0 Å². The van der Waals surface area contributed by atoms with Crippen molar-refractivity contribution in [2.75, 3.05) is 20.3 Å². The van der Waals surface area contributed by atoms with Gasteiger partial charge >= 0.3 is 0 Å². The maximum atomic E-state index is 12.6. The lowest BCUT2D eigenvalue weighted by atomic mass is 10.1. The van der Waals surface area contributed by atoms with Crippen LogP contribution in [0, 0.1) is 0 Å². The van der Waals surface area contributed by atoms with Crippen LogP contribution in [0.1, 0.15) is 28.4 Å². The molecule has 0 spiro atoms. The Balaban J connectivity index is 1.62. The van der Waals surface area contributed by atoms with Crippen LogP contribution in [-0.4, -0.2) is 26.2 Å².